The van der Waals surface area contributed by atoms with Crippen molar-refractivity contribution in [3.8, 4) is 0 Å². The highest BCUT2D eigenvalue weighted by atomic mass is 19.1. The first-order valence-corrected chi connectivity index (χ1v) is 16.9. The van der Waals surface area contributed by atoms with Crippen LogP contribution in [-0.4, -0.2) is 89.8 Å². The third-order valence-corrected chi connectivity index (χ3v) is 9.88. The molecule has 3 aliphatic rings. The number of nitrogens with zero attached hydrogens (tertiary/aromatic N) is 3. The predicted molar refractivity (Wildman–Crippen MR) is 174 cm³/mol. The molecule has 0 spiro atoms. The number of likely N-dealkylation sites (tertiary alicyclic amines) is 2. The first-order valence-electron chi connectivity index (χ1n) is 16.9. The zero-order valence-electron chi connectivity index (χ0n) is 27.4. The molecule has 2 N–H and O–H groups in total. The molecule has 2 atom stereocenters. The standard InChI is InChI=1S/C36H49F2N5O3/c1-24(2)23-43(29-11-16-41(17-12-29)25(3)44)30-13-18-42(19-14-30)36(46)34(20-27-8-9-28(37)21-32(27)38)40-35(45)22-33-31-7-5-4-6-26(31)10-15-39-33/h4-9,21,24,29-30,33-34,39H,10-20,22-23H2,1-3H3,(H,40,45)/t33-,34-/m1/s1. The van der Waals surface area contributed by atoms with Gasteiger partial charge in [-0.3, -0.25) is 19.3 Å². The summed E-state index contributed by atoms with van der Waals surface area (Å²) in [4.78, 5) is 45.6. The van der Waals surface area contributed by atoms with E-state index in [1.807, 2.05) is 23.1 Å². The lowest BCUT2D eigenvalue weighted by Crippen LogP contribution is -2.56. The van der Waals surface area contributed by atoms with Crippen molar-refractivity contribution in [2.45, 2.75) is 89.9 Å². The van der Waals surface area contributed by atoms with Gasteiger partial charge in [-0.2, -0.15) is 0 Å². The van der Waals surface area contributed by atoms with Crippen LogP contribution < -0.4 is 10.6 Å². The summed E-state index contributed by atoms with van der Waals surface area (Å²) in [6.07, 6.45) is 4.49. The van der Waals surface area contributed by atoms with Crippen LogP contribution in [0.1, 0.15) is 75.6 Å². The van der Waals surface area contributed by atoms with E-state index in [1.54, 1.807) is 11.8 Å². The van der Waals surface area contributed by atoms with Gasteiger partial charge in [-0.15, -0.1) is 0 Å². The van der Waals surface area contributed by atoms with Crippen molar-refractivity contribution in [3.63, 3.8) is 0 Å². The summed E-state index contributed by atoms with van der Waals surface area (Å²) in [6, 6.07) is 11.0. The lowest BCUT2D eigenvalue weighted by molar-refractivity contribution is -0.138. The molecule has 3 heterocycles. The second-order valence-corrected chi connectivity index (χ2v) is 13.6. The van der Waals surface area contributed by atoms with Crippen LogP contribution in [0, 0.1) is 17.6 Å². The molecule has 46 heavy (non-hydrogen) atoms. The predicted octanol–water partition coefficient (Wildman–Crippen LogP) is 4.23. The Morgan fingerprint density at radius 2 is 1.61 bits per heavy atom. The zero-order valence-corrected chi connectivity index (χ0v) is 27.4. The van der Waals surface area contributed by atoms with Crippen molar-refractivity contribution in [1.29, 1.82) is 0 Å². The SMILES string of the molecule is CC(=O)N1CCC(N(CC(C)C)C2CCN(C(=O)[C@@H](Cc3ccc(F)cc3F)NC(=O)C[C@H]3NCCc4ccccc43)CC2)CC1. The summed E-state index contributed by atoms with van der Waals surface area (Å²) in [5, 5.41) is 6.35. The Kier molecular flexibility index (Phi) is 11.4. The maximum Gasteiger partial charge on any atom is 0.245 e. The number of carbonyl (C=O) groups is 3. The fourth-order valence-corrected chi connectivity index (χ4v) is 7.49. The van der Waals surface area contributed by atoms with Crippen LogP contribution in [0.25, 0.3) is 0 Å². The van der Waals surface area contributed by atoms with Crippen LogP contribution >= 0.6 is 0 Å². The number of hydrogen-bond acceptors (Lipinski definition) is 5. The lowest BCUT2D eigenvalue weighted by atomic mass is 9.92. The highest BCUT2D eigenvalue weighted by Crippen LogP contribution is 2.28. The van der Waals surface area contributed by atoms with E-state index in [0.717, 1.165) is 69.9 Å². The number of halogens is 2. The van der Waals surface area contributed by atoms with E-state index in [-0.39, 0.29) is 42.2 Å². The third-order valence-electron chi connectivity index (χ3n) is 9.88. The summed E-state index contributed by atoms with van der Waals surface area (Å²) in [5.41, 5.74) is 2.48. The maximum atomic E-state index is 14.8. The van der Waals surface area contributed by atoms with E-state index in [2.05, 4.69) is 35.4 Å². The van der Waals surface area contributed by atoms with Crippen LogP contribution in [0.3, 0.4) is 0 Å². The second kappa shape index (κ2) is 15.5. The van der Waals surface area contributed by atoms with Gasteiger partial charge < -0.3 is 20.4 Å². The molecule has 0 bridgehead atoms. The Morgan fingerprint density at radius 3 is 2.24 bits per heavy atom. The van der Waals surface area contributed by atoms with Gasteiger partial charge in [0.25, 0.3) is 0 Å². The largest absolute Gasteiger partial charge is 0.344 e. The number of carbonyl (C=O) groups excluding carboxylic acids is 3. The molecule has 2 aromatic carbocycles. The van der Waals surface area contributed by atoms with Crippen LogP contribution in [0.15, 0.2) is 42.5 Å². The normalized spacial score (nSPS) is 20.1. The van der Waals surface area contributed by atoms with Gasteiger partial charge in [0.15, 0.2) is 0 Å². The van der Waals surface area contributed by atoms with Crippen molar-refractivity contribution < 1.29 is 23.2 Å². The molecule has 3 aliphatic heterocycles. The molecule has 2 saturated heterocycles. The molecule has 0 radical (unpaired) electrons. The highest BCUT2D eigenvalue weighted by molar-refractivity contribution is 5.88. The van der Waals surface area contributed by atoms with Gasteiger partial charge in [0, 0.05) is 76.7 Å². The van der Waals surface area contributed by atoms with Crippen molar-refractivity contribution >= 4 is 17.7 Å². The fourth-order valence-electron chi connectivity index (χ4n) is 7.49. The summed E-state index contributed by atoms with van der Waals surface area (Å²) in [5.74, 6) is -1.32. The molecule has 10 heteroatoms. The van der Waals surface area contributed by atoms with Crippen molar-refractivity contribution in [2.24, 2.45) is 5.92 Å². The molecule has 0 saturated carbocycles. The van der Waals surface area contributed by atoms with Gasteiger partial charge in [-0.25, -0.2) is 8.78 Å². The first kappa shape index (κ1) is 34.0. The number of benzene rings is 2. The summed E-state index contributed by atoms with van der Waals surface area (Å²) < 4.78 is 28.4. The Morgan fingerprint density at radius 1 is 0.957 bits per heavy atom. The molecule has 0 aromatic heterocycles. The summed E-state index contributed by atoms with van der Waals surface area (Å²) >= 11 is 0. The molecule has 0 aliphatic carbocycles. The third kappa shape index (κ3) is 8.50. The van der Waals surface area contributed by atoms with Gasteiger partial charge in [0.1, 0.15) is 17.7 Å². The molecule has 0 unspecified atom stereocenters. The second-order valence-electron chi connectivity index (χ2n) is 13.6. The average Bonchev–Trinajstić information content (AvgIpc) is 3.04. The minimum absolute atomic E-state index is 0.0561. The van der Waals surface area contributed by atoms with E-state index in [0.29, 0.717) is 31.1 Å². The topological polar surface area (TPSA) is 85.0 Å². The molecule has 5 rings (SSSR count). The number of nitrogens with one attached hydrogen (secondary N) is 2. The molecular formula is C36H49F2N5O3. The number of amides is 3. The van der Waals surface area contributed by atoms with Gasteiger partial charge in [-0.1, -0.05) is 44.2 Å². The minimum atomic E-state index is -0.967. The van der Waals surface area contributed by atoms with Gasteiger partial charge >= 0.3 is 0 Å². The number of hydrogen-bond donors (Lipinski definition) is 2. The molecule has 2 aromatic rings. The van der Waals surface area contributed by atoms with Crippen LogP contribution in [0.5, 0.6) is 0 Å². The number of fused-ring (bicyclic) bond motifs is 1. The van der Waals surface area contributed by atoms with Crippen LogP contribution in [-0.2, 0) is 27.2 Å². The molecule has 8 nitrogen and oxygen atoms in total. The Labute approximate surface area is 271 Å². The molecule has 3 amide bonds. The molecule has 250 valence electrons. The Bertz CT molecular complexity index is 1370. The Hall–Kier alpha value is -3.37. The minimum Gasteiger partial charge on any atom is -0.344 e. The molecule has 2 fully saturated rings. The van der Waals surface area contributed by atoms with E-state index >= 15 is 0 Å². The quantitative estimate of drug-likeness (QED) is 0.408. The van der Waals surface area contributed by atoms with Gasteiger partial charge in [0.05, 0.1) is 0 Å². The highest BCUT2D eigenvalue weighted by Gasteiger charge is 2.36. The number of rotatable bonds is 10. The lowest BCUT2D eigenvalue weighted by Gasteiger charge is -2.46. The summed E-state index contributed by atoms with van der Waals surface area (Å²) in [6.45, 7) is 10.4. The van der Waals surface area contributed by atoms with Crippen molar-refractivity contribution in [3.05, 3.63) is 70.8 Å². The van der Waals surface area contributed by atoms with E-state index in [1.165, 1.54) is 17.7 Å². The molecular weight excluding hydrogens is 588 g/mol. The Balaban J connectivity index is 1.26. The van der Waals surface area contributed by atoms with E-state index in [9.17, 15) is 23.2 Å². The van der Waals surface area contributed by atoms with Crippen LogP contribution in [0.4, 0.5) is 8.78 Å². The van der Waals surface area contributed by atoms with Gasteiger partial charge in [-0.05, 0) is 67.3 Å². The fraction of sp³-hybridized carbons (Fsp3) is 0.583. The van der Waals surface area contributed by atoms with Crippen molar-refractivity contribution in [1.82, 2.24) is 25.3 Å². The van der Waals surface area contributed by atoms with Crippen LogP contribution in [0.2, 0.25) is 0 Å². The van der Waals surface area contributed by atoms with Crippen molar-refractivity contribution in [2.75, 3.05) is 39.3 Å². The smallest absolute Gasteiger partial charge is 0.245 e. The van der Waals surface area contributed by atoms with E-state index < -0.39 is 17.7 Å². The van der Waals surface area contributed by atoms with Gasteiger partial charge in [0.2, 0.25) is 17.7 Å². The zero-order chi connectivity index (χ0) is 32.8. The maximum absolute atomic E-state index is 14.8. The summed E-state index contributed by atoms with van der Waals surface area (Å²) in [7, 11) is 0. The average molecular weight is 638 g/mol. The monoisotopic (exact) mass is 637 g/mol. The number of piperidine rings is 2. The van der Waals surface area contributed by atoms with E-state index in [4.69, 9.17) is 0 Å². The first-order chi connectivity index (χ1) is 22.1.